The summed E-state index contributed by atoms with van der Waals surface area (Å²) in [6.07, 6.45) is 6.31. The molecule has 6 heteroatoms. The van der Waals surface area contributed by atoms with E-state index >= 15 is 0 Å². The lowest BCUT2D eigenvalue weighted by atomic mass is 9.97. The van der Waals surface area contributed by atoms with Crippen molar-refractivity contribution in [3.8, 4) is 5.69 Å². The average Bonchev–Trinajstić information content (AvgIpc) is 3.37. The largest absolute Gasteiger partial charge is 0.360 e. The van der Waals surface area contributed by atoms with Crippen LogP contribution in [-0.4, -0.2) is 15.5 Å². The molecule has 0 saturated carbocycles. The lowest BCUT2D eigenvalue weighted by Gasteiger charge is -2.13. The fourth-order valence-electron chi connectivity index (χ4n) is 3.78. The van der Waals surface area contributed by atoms with Gasteiger partial charge in [-0.15, -0.1) is 0 Å². The van der Waals surface area contributed by atoms with Crippen molar-refractivity contribution in [3.63, 3.8) is 0 Å². The number of imidazole rings is 1. The minimum Gasteiger partial charge on any atom is -0.360 e. The van der Waals surface area contributed by atoms with E-state index in [9.17, 15) is 4.79 Å². The van der Waals surface area contributed by atoms with Crippen LogP contribution < -0.4 is 16.0 Å². The Morgan fingerprint density at radius 3 is 2.54 bits per heavy atom. The molecule has 2 aliphatic rings. The number of rotatable bonds is 3. The van der Waals surface area contributed by atoms with E-state index in [4.69, 9.17) is 0 Å². The number of amides is 1. The van der Waals surface area contributed by atoms with E-state index in [1.807, 2.05) is 23.8 Å². The van der Waals surface area contributed by atoms with Crippen LogP contribution in [-0.2, 0) is 4.79 Å². The van der Waals surface area contributed by atoms with Crippen molar-refractivity contribution in [2.75, 3.05) is 16.0 Å². The number of nitrogens with zero attached hydrogens (tertiary/aromatic N) is 2. The molecule has 3 heterocycles. The Kier molecular flexibility index (Phi) is 3.25. The van der Waals surface area contributed by atoms with Crippen molar-refractivity contribution in [1.82, 2.24) is 9.55 Å². The van der Waals surface area contributed by atoms with Gasteiger partial charge in [0, 0.05) is 23.8 Å². The zero-order valence-electron chi connectivity index (χ0n) is 14.4. The van der Waals surface area contributed by atoms with E-state index in [1.54, 1.807) is 12.5 Å². The van der Waals surface area contributed by atoms with Gasteiger partial charge in [-0.3, -0.25) is 4.79 Å². The Morgan fingerprint density at radius 1 is 1.08 bits per heavy atom. The third-order valence-corrected chi connectivity index (χ3v) is 5.18. The Bertz CT molecular complexity index is 978. The second kappa shape index (κ2) is 5.62. The van der Waals surface area contributed by atoms with Gasteiger partial charge in [-0.25, -0.2) is 4.98 Å². The van der Waals surface area contributed by atoms with Crippen LogP contribution in [0.15, 0.2) is 55.1 Å². The van der Waals surface area contributed by atoms with Crippen LogP contribution in [0, 0.1) is 0 Å². The molecule has 0 aliphatic carbocycles. The molecule has 0 saturated heterocycles. The molecule has 6 nitrogen and oxygen atoms in total. The predicted molar refractivity (Wildman–Crippen MR) is 102 cm³/mol. The number of aromatic nitrogens is 2. The smallest absolute Gasteiger partial charge is 0.231 e. The van der Waals surface area contributed by atoms with Gasteiger partial charge in [0.05, 0.1) is 23.6 Å². The normalized spacial score (nSPS) is 20.1. The first-order valence-corrected chi connectivity index (χ1v) is 8.83. The van der Waals surface area contributed by atoms with E-state index in [0.717, 1.165) is 40.3 Å². The number of anilines is 3. The molecule has 2 atom stereocenters. The summed E-state index contributed by atoms with van der Waals surface area (Å²) in [5.74, 6) is 0.0448. The standard InChI is InChI=1S/C20H19N5O/c1-2-14-15-9-17-18(10-16(15)24-20(14)26)23-19(22-17)12-3-5-13(6-4-12)25-8-7-21-11-25/h3-11,14,19,22-23H,2H2,1H3,(H,24,26). The van der Waals surface area contributed by atoms with Crippen molar-refractivity contribution in [2.24, 2.45) is 0 Å². The Hall–Kier alpha value is -3.28. The van der Waals surface area contributed by atoms with E-state index in [2.05, 4.69) is 51.3 Å². The molecule has 2 aromatic carbocycles. The monoisotopic (exact) mass is 345 g/mol. The van der Waals surface area contributed by atoms with Crippen LogP contribution in [0.1, 0.15) is 36.6 Å². The minimum atomic E-state index is -0.0504. The molecule has 26 heavy (non-hydrogen) atoms. The van der Waals surface area contributed by atoms with Gasteiger partial charge in [-0.2, -0.15) is 0 Å². The molecule has 0 bridgehead atoms. The molecule has 0 radical (unpaired) electrons. The van der Waals surface area contributed by atoms with Crippen LogP contribution in [0.5, 0.6) is 0 Å². The highest BCUT2D eigenvalue weighted by molar-refractivity contribution is 6.04. The van der Waals surface area contributed by atoms with E-state index in [-0.39, 0.29) is 18.0 Å². The molecular weight excluding hydrogens is 326 g/mol. The number of carbonyl (C=O) groups excluding carboxylic acids is 1. The highest BCUT2D eigenvalue weighted by atomic mass is 16.2. The summed E-state index contributed by atoms with van der Waals surface area (Å²) < 4.78 is 1.98. The van der Waals surface area contributed by atoms with Crippen molar-refractivity contribution in [2.45, 2.75) is 25.4 Å². The fourth-order valence-corrected chi connectivity index (χ4v) is 3.78. The lowest BCUT2D eigenvalue weighted by Crippen LogP contribution is -2.12. The Morgan fingerprint density at radius 2 is 1.85 bits per heavy atom. The van der Waals surface area contributed by atoms with E-state index in [1.165, 1.54) is 0 Å². The SMILES string of the molecule is CCC1C(=O)Nc2cc3c(cc21)NC(c1ccc(-n2ccnc2)cc1)N3. The molecule has 2 aliphatic heterocycles. The molecule has 0 spiro atoms. The third kappa shape index (κ3) is 2.26. The van der Waals surface area contributed by atoms with Gasteiger partial charge in [0.25, 0.3) is 0 Å². The molecule has 3 N–H and O–H groups in total. The van der Waals surface area contributed by atoms with E-state index in [0.29, 0.717) is 0 Å². The van der Waals surface area contributed by atoms with Gasteiger partial charge in [-0.1, -0.05) is 19.1 Å². The molecule has 1 aromatic heterocycles. The van der Waals surface area contributed by atoms with Crippen molar-refractivity contribution in [3.05, 3.63) is 66.2 Å². The maximum atomic E-state index is 12.0. The number of carbonyl (C=O) groups is 1. The molecule has 1 amide bonds. The van der Waals surface area contributed by atoms with Crippen LogP contribution in [0.3, 0.4) is 0 Å². The van der Waals surface area contributed by atoms with Gasteiger partial charge >= 0.3 is 0 Å². The van der Waals surface area contributed by atoms with Gasteiger partial charge in [0.1, 0.15) is 6.17 Å². The van der Waals surface area contributed by atoms with Gasteiger partial charge in [0.15, 0.2) is 0 Å². The lowest BCUT2D eigenvalue weighted by molar-refractivity contribution is -0.117. The summed E-state index contributed by atoms with van der Waals surface area (Å²) >= 11 is 0. The summed E-state index contributed by atoms with van der Waals surface area (Å²) in [6, 6.07) is 12.5. The van der Waals surface area contributed by atoms with Crippen LogP contribution in [0.25, 0.3) is 5.69 Å². The maximum absolute atomic E-state index is 12.0. The van der Waals surface area contributed by atoms with Gasteiger partial charge in [-0.05, 0) is 41.8 Å². The molecule has 2 unspecified atom stereocenters. The fraction of sp³-hybridized carbons (Fsp3) is 0.200. The first-order chi connectivity index (χ1) is 12.7. The molecular formula is C20H19N5O. The number of hydrogen-bond acceptors (Lipinski definition) is 4. The van der Waals surface area contributed by atoms with Crippen LogP contribution in [0.2, 0.25) is 0 Å². The average molecular weight is 345 g/mol. The predicted octanol–water partition coefficient (Wildman–Crippen LogP) is 3.85. The first kappa shape index (κ1) is 15.0. The number of hydrogen-bond donors (Lipinski definition) is 3. The molecule has 3 aromatic rings. The first-order valence-electron chi connectivity index (χ1n) is 8.83. The number of nitrogens with one attached hydrogen (secondary N) is 3. The maximum Gasteiger partial charge on any atom is 0.231 e. The zero-order chi connectivity index (χ0) is 17.7. The molecule has 0 fully saturated rings. The minimum absolute atomic E-state index is 0.0140. The highest BCUT2D eigenvalue weighted by Crippen LogP contribution is 2.44. The van der Waals surface area contributed by atoms with E-state index < -0.39 is 0 Å². The summed E-state index contributed by atoms with van der Waals surface area (Å²) in [4.78, 5) is 16.1. The zero-order valence-corrected chi connectivity index (χ0v) is 14.4. The topological polar surface area (TPSA) is 71.0 Å². The quantitative estimate of drug-likeness (QED) is 0.674. The summed E-state index contributed by atoms with van der Waals surface area (Å²) in [6.45, 7) is 2.04. The third-order valence-electron chi connectivity index (χ3n) is 5.18. The highest BCUT2D eigenvalue weighted by Gasteiger charge is 2.32. The van der Waals surface area contributed by atoms with Gasteiger partial charge < -0.3 is 20.5 Å². The molecule has 130 valence electrons. The molecule has 5 rings (SSSR count). The van der Waals surface area contributed by atoms with Gasteiger partial charge in [0.2, 0.25) is 5.91 Å². The summed E-state index contributed by atoms with van der Waals surface area (Å²) in [7, 11) is 0. The Labute approximate surface area is 151 Å². The summed E-state index contributed by atoms with van der Waals surface area (Å²) in [5, 5.41) is 10.0. The van der Waals surface area contributed by atoms with Crippen molar-refractivity contribution < 1.29 is 4.79 Å². The number of benzene rings is 2. The van der Waals surface area contributed by atoms with Crippen LogP contribution in [0.4, 0.5) is 17.1 Å². The number of fused-ring (bicyclic) bond motifs is 2. The van der Waals surface area contributed by atoms with Crippen molar-refractivity contribution >= 4 is 23.0 Å². The second-order valence-corrected chi connectivity index (χ2v) is 6.72. The van der Waals surface area contributed by atoms with Crippen LogP contribution >= 0.6 is 0 Å². The summed E-state index contributed by atoms with van der Waals surface area (Å²) in [5.41, 5.74) is 6.30. The second-order valence-electron chi connectivity index (χ2n) is 6.72. The van der Waals surface area contributed by atoms with Crippen molar-refractivity contribution in [1.29, 1.82) is 0 Å². The Balaban J connectivity index is 1.41.